The largest absolute Gasteiger partial charge is 0.497 e. The van der Waals surface area contributed by atoms with Crippen molar-refractivity contribution < 1.29 is 27.2 Å². The second kappa shape index (κ2) is 16.7. The van der Waals surface area contributed by atoms with Gasteiger partial charge in [-0.05, 0) is 44.0 Å². The molecule has 0 amide bonds. The number of hydrogen-bond donors (Lipinski definition) is 1. The molecule has 0 bridgehead atoms. The minimum absolute atomic E-state index is 0.0666. The van der Waals surface area contributed by atoms with E-state index in [9.17, 15) is 8.42 Å². The highest BCUT2D eigenvalue weighted by Gasteiger charge is 2.24. The maximum absolute atomic E-state index is 10.5. The SMILES string of the molecule is CCCCCCCCCCC[C@@H]1CCOC(c2ccc(OC)cc2)O1.Cc1ccc(S(=O)(=O)O)cc1. The summed E-state index contributed by atoms with van der Waals surface area (Å²) in [7, 11) is -2.34. The van der Waals surface area contributed by atoms with Crippen molar-refractivity contribution in [3.63, 3.8) is 0 Å². The van der Waals surface area contributed by atoms with Gasteiger partial charge in [0, 0.05) is 5.56 Å². The molecule has 0 saturated carbocycles. The molecule has 0 aliphatic carbocycles. The molecule has 0 spiro atoms. The molecule has 1 heterocycles. The van der Waals surface area contributed by atoms with Gasteiger partial charge < -0.3 is 14.2 Å². The molecule has 3 rings (SSSR count). The summed E-state index contributed by atoms with van der Waals surface area (Å²) in [6.07, 6.45) is 14.6. The minimum atomic E-state index is -4.02. The van der Waals surface area contributed by atoms with Crippen molar-refractivity contribution in [2.75, 3.05) is 13.7 Å². The van der Waals surface area contributed by atoms with Crippen LogP contribution >= 0.6 is 0 Å². The standard InChI is InChI=1S/C22H36O3.C7H8O3S/c1-3-4-5-6-7-8-9-10-11-12-21-17-18-24-22(25-21)19-13-15-20(23-2)16-14-19;1-6-2-4-7(5-3-6)11(8,9)10/h13-16,21-22H,3-12,17-18H2,1-2H3;2-5H,1H3,(H,8,9,10)/t21-,22?;/m1./s1. The molecule has 2 atom stereocenters. The van der Waals surface area contributed by atoms with Gasteiger partial charge in [-0.1, -0.05) is 94.5 Å². The number of aryl methyl sites for hydroxylation is 1. The smallest absolute Gasteiger partial charge is 0.294 e. The average molecular weight is 521 g/mol. The highest BCUT2D eigenvalue weighted by Crippen LogP contribution is 2.29. The van der Waals surface area contributed by atoms with E-state index in [1.807, 2.05) is 31.2 Å². The Morgan fingerprint density at radius 1 is 0.889 bits per heavy atom. The number of rotatable bonds is 13. The molecule has 2 aromatic carbocycles. The molecule has 2 aromatic rings. The van der Waals surface area contributed by atoms with Gasteiger partial charge in [0.1, 0.15) is 5.75 Å². The van der Waals surface area contributed by atoms with Crippen LogP contribution < -0.4 is 4.74 Å². The molecule has 6 nitrogen and oxygen atoms in total. The first-order chi connectivity index (χ1) is 17.3. The topological polar surface area (TPSA) is 82.1 Å². The van der Waals surface area contributed by atoms with Crippen LogP contribution in [-0.2, 0) is 19.6 Å². The lowest BCUT2D eigenvalue weighted by atomic mass is 10.0. The Balaban J connectivity index is 0.000000346. The quantitative estimate of drug-likeness (QED) is 0.216. The first-order valence-corrected chi connectivity index (χ1v) is 14.7. The van der Waals surface area contributed by atoms with Crippen molar-refractivity contribution in [1.29, 1.82) is 0 Å². The Bertz CT molecular complexity index is 941. The van der Waals surface area contributed by atoms with Crippen molar-refractivity contribution in [3.05, 3.63) is 59.7 Å². The number of benzene rings is 2. The first-order valence-electron chi connectivity index (χ1n) is 13.3. The lowest BCUT2D eigenvalue weighted by Crippen LogP contribution is -2.26. The lowest BCUT2D eigenvalue weighted by Gasteiger charge is -2.30. The van der Waals surface area contributed by atoms with Crippen molar-refractivity contribution in [2.24, 2.45) is 0 Å². The fourth-order valence-corrected chi connectivity index (χ4v) is 4.61. The fraction of sp³-hybridized carbons (Fsp3) is 0.586. The monoisotopic (exact) mass is 520 g/mol. The van der Waals surface area contributed by atoms with Crippen LogP contribution in [0.15, 0.2) is 53.4 Å². The van der Waals surface area contributed by atoms with E-state index in [-0.39, 0.29) is 11.2 Å². The summed E-state index contributed by atoms with van der Waals surface area (Å²) < 4.78 is 46.7. The molecule has 1 aliphatic rings. The maximum Gasteiger partial charge on any atom is 0.294 e. The van der Waals surface area contributed by atoms with Gasteiger partial charge in [-0.3, -0.25) is 4.55 Å². The lowest BCUT2D eigenvalue weighted by molar-refractivity contribution is -0.218. The second-order valence-electron chi connectivity index (χ2n) is 9.43. The van der Waals surface area contributed by atoms with Gasteiger partial charge in [-0.15, -0.1) is 0 Å². The van der Waals surface area contributed by atoms with E-state index in [2.05, 4.69) is 6.92 Å². The van der Waals surface area contributed by atoms with E-state index in [0.717, 1.165) is 36.3 Å². The van der Waals surface area contributed by atoms with E-state index in [1.165, 1.54) is 69.9 Å². The Morgan fingerprint density at radius 3 is 2.03 bits per heavy atom. The normalized spacial score (nSPS) is 17.8. The van der Waals surface area contributed by atoms with Crippen LogP contribution in [0.4, 0.5) is 0 Å². The summed E-state index contributed by atoms with van der Waals surface area (Å²) in [5.41, 5.74) is 2.04. The molecule has 1 aliphatic heterocycles. The van der Waals surface area contributed by atoms with Crippen molar-refractivity contribution in [2.45, 2.75) is 102 Å². The number of methoxy groups -OCH3 is 1. The minimum Gasteiger partial charge on any atom is -0.497 e. The van der Waals surface area contributed by atoms with Crippen LogP contribution in [0.5, 0.6) is 5.75 Å². The highest BCUT2D eigenvalue weighted by molar-refractivity contribution is 7.85. The summed E-state index contributed by atoms with van der Waals surface area (Å²) >= 11 is 0. The predicted octanol–water partition coefficient (Wildman–Crippen LogP) is 7.66. The van der Waals surface area contributed by atoms with Gasteiger partial charge in [0.05, 0.1) is 24.7 Å². The fourth-order valence-electron chi connectivity index (χ4n) is 4.13. The molecule has 1 saturated heterocycles. The van der Waals surface area contributed by atoms with Crippen LogP contribution in [0.2, 0.25) is 0 Å². The summed E-state index contributed by atoms with van der Waals surface area (Å²) in [5.74, 6) is 0.866. The van der Waals surface area contributed by atoms with Crippen LogP contribution in [0.1, 0.15) is 95.0 Å². The zero-order valence-electron chi connectivity index (χ0n) is 22.2. The van der Waals surface area contributed by atoms with Crippen LogP contribution in [0.25, 0.3) is 0 Å². The first kappa shape index (κ1) is 30.3. The maximum atomic E-state index is 10.5. The Hall–Kier alpha value is -1.93. The third-order valence-electron chi connectivity index (χ3n) is 6.36. The van der Waals surface area contributed by atoms with E-state index in [4.69, 9.17) is 18.8 Å². The predicted molar refractivity (Wildman–Crippen MR) is 144 cm³/mol. The van der Waals surface area contributed by atoms with Crippen LogP contribution in [0, 0.1) is 6.92 Å². The van der Waals surface area contributed by atoms with Crippen molar-refractivity contribution in [3.8, 4) is 5.75 Å². The van der Waals surface area contributed by atoms with Gasteiger partial charge in [0.2, 0.25) is 0 Å². The van der Waals surface area contributed by atoms with Gasteiger partial charge in [0.25, 0.3) is 10.1 Å². The molecule has 1 N–H and O–H groups in total. The molecule has 1 unspecified atom stereocenters. The molecule has 202 valence electrons. The van der Waals surface area contributed by atoms with Crippen molar-refractivity contribution >= 4 is 10.1 Å². The van der Waals surface area contributed by atoms with E-state index in [1.54, 1.807) is 19.2 Å². The molecular formula is C29H44O6S. The molecule has 0 aromatic heterocycles. The van der Waals surface area contributed by atoms with Crippen molar-refractivity contribution in [1.82, 2.24) is 0 Å². The van der Waals surface area contributed by atoms with Gasteiger partial charge in [-0.25, -0.2) is 0 Å². The zero-order chi connectivity index (χ0) is 26.2. The molecule has 1 fully saturated rings. The van der Waals surface area contributed by atoms with E-state index < -0.39 is 10.1 Å². The Kier molecular flexibility index (Phi) is 14.1. The summed E-state index contributed by atoms with van der Waals surface area (Å²) in [6, 6.07) is 14.0. The third-order valence-corrected chi connectivity index (χ3v) is 7.23. The molecule has 7 heteroatoms. The van der Waals surface area contributed by atoms with E-state index in [0.29, 0.717) is 6.10 Å². The molecular weight excluding hydrogens is 476 g/mol. The Morgan fingerprint density at radius 2 is 1.47 bits per heavy atom. The molecule has 36 heavy (non-hydrogen) atoms. The highest BCUT2D eigenvalue weighted by atomic mass is 32.2. The van der Waals surface area contributed by atoms with Crippen LogP contribution in [0.3, 0.4) is 0 Å². The Labute approximate surface area is 218 Å². The van der Waals surface area contributed by atoms with Gasteiger partial charge >= 0.3 is 0 Å². The van der Waals surface area contributed by atoms with Gasteiger partial charge in [-0.2, -0.15) is 8.42 Å². The number of hydrogen-bond acceptors (Lipinski definition) is 5. The molecule has 0 radical (unpaired) electrons. The summed E-state index contributed by atoms with van der Waals surface area (Å²) in [6.45, 7) is 4.91. The number of ether oxygens (including phenoxy) is 3. The summed E-state index contributed by atoms with van der Waals surface area (Å²) in [5, 5.41) is 0. The van der Waals surface area contributed by atoms with Gasteiger partial charge in [0.15, 0.2) is 6.29 Å². The third kappa shape index (κ3) is 11.9. The summed E-state index contributed by atoms with van der Waals surface area (Å²) in [4.78, 5) is -0.0666. The second-order valence-corrected chi connectivity index (χ2v) is 10.8. The van der Waals surface area contributed by atoms with E-state index >= 15 is 0 Å². The van der Waals surface area contributed by atoms with Crippen LogP contribution in [-0.4, -0.2) is 32.8 Å². The zero-order valence-corrected chi connectivity index (χ0v) is 23.0. The number of unbranched alkanes of at least 4 members (excludes halogenated alkanes) is 8. The average Bonchev–Trinajstić information content (AvgIpc) is 2.88.